The number of hydrogen-bond donors (Lipinski definition) is 5. The highest BCUT2D eigenvalue weighted by Gasteiger charge is 2.25. The molecule has 2 amide bonds. The summed E-state index contributed by atoms with van der Waals surface area (Å²) in [5.41, 5.74) is 9.14. The summed E-state index contributed by atoms with van der Waals surface area (Å²) in [6.45, 7) is 1.08. The monoisotopic (exact) mass is 253 g/mol. The van der Waals surface area contributed by atoms with Crippen LogP contribution in [0.2, 0.25) is 0 Å². The second kappa shape index (κ2) is 5.95. The fraction of sp³-hybridized carbons (Fsp3) is 0.714. The summed E-state index contributed by atoms with van der Waals surface area (Å²) in [6, 6.07) is -1.10. The molecule has 7 N–H and O–H groups in total. The molecule has 0 aliphatic carbocycles. The van der Waals surface area contributed by atoms with Crippen molar-refractivity contribution >= 4 is 19.4 Å². The number of rotatable bonds is 6. The summed E-state index contributed by atoms with van der Waals surface area (Å²) in [5.74, 6) is -1.38. The SMILES string of the molecule is CC(CNC(=O)[C@@H](N)CC(N)=O)P(=O)(O)O. The maximum atomic E-state index is 11.2. The summed E-state index contributed by atoms with van der Waals surface area (Å²) in [7, 11) is -4.22. The first-order valence-corrected chi connectivity index (χ1v) is 6.19. The molecule has 0 aliphatic heterocycles. The molecule has 0 aliphatic rings. The lowest BCUT2D eigenvalue weighted by atomic mass is 10.2. The molecule has 0 spiro atoms. The van der Waals surface area contributed by atoms with E-state index in [2.05, 4.69) is 5.32 Å². The minimum absolute atomic E-state index is 0.213. The molecule has 0 aromatic heterocycles. The molecular formula is C7H16N3O5P. The number of carbonyl (C=O) groups excluding carboxylic acids is 2. The molecule has 0 bridgehead atoms. The maximum absolute atomic E-state index is 11.2. The molecule has 2 atom stereocenters. The highest BCUT2D eigenvalue weighted by Crippen LogP contribution is 2.40. The van der Waals surface area contributed by atoms with E-state index in [9.17, 15) is 14.2 Å². The third kappa shape index (κ3) is 5.82. The molecule has 94 valence electrons. The van der Waals surface area contributed by atoms with Crippen LogP contribution in [-0.4, -0.2) is 39.8 Å². The van der Waals surface area contributed by atoms with Gasteiger partial charge in [-0.3, -0.25) is 14.2 Å². The van der Waals surface area contributed by atoms with Crippen molar-refractivity contribution in [2.24, 2.45) is 11.5 Å². The third-order valence-corrected chi connectivity index (χ3v) is 3.23. The molecule has 0 aromatic rings. The fourth-order valence-electron chi connectivity index (χ4n) is 0.808. The predicted octanol–water partition coefficient (Wildman–Crippen LogP) is -2.13. The van der Waals surface area contributed by atoms with Crippen LogP contribution in [0.3, 0.4) is 0 Å². The van der Waals surface area contributed by atoms with E-state index in [0.29, 0.717) is 0 Å². The summed E-state index contributed by atoms with van der Waals surface area (Å²) in [5, 5.41) is 2.23. The minimum atomic E-state index is -4.22. The van der Waals surface area contributed by atoms with Gasteiger partial charge in [-0.15, -0.1) is 0 Å². The lowest BCUT2D eigenvalue weighted by Crippen LogP contribution is -2.44. The van der Waals surface area contributed by atoms with Crippen molar-refractivity contribution in [1.29, 1.82) is 0 Å². The van der Waals surface area contributed by atoms with Crippen molar-refractivity contribution in [1.82, 2.24) is 5.32 Å². The number of nitrogens with one attached hydrogen (secondary N) is 1. The van der Waals surface area contributed by atoms with Crippen LogP contribution in [0.5, 0.6) is 0 Å². The van der Waals surface area contributed by atoms with Crippen LogP contribution < -0.4 is 16.8 Å². The van der Waals surface area contributed by atoms with E-state index in [0.717, 1.165) is 0 Å². The van der Waals surface area contributed by atoms with Gasteiger partial charge in [-0.1, -0.05) is 0 Å². The largest absolute Gasteiger partial charge is 0.370 e. The van der Waals surface area contributed by atoms with E-state index in [1.165, 1.54) is 6.92 Å². The van der Waals surface area contributed by atoms with Gasteiger partial charge in [0.05, 0.1) is 18.1 Å². The zero-order chi connectivity index (χ0) is 12.9. The highest BCUT2D eigenvalue weighted by molar-refractivity contribution is 7.52. The molecule has 9 heteroatoms. The van der Waals surface area contributed by atoms with Crippen LogP contribution in [0, 0.1) is 0 Å². The normalized spacial score (nSPS) is 15.2. The highest BCUT2D eigenvalue weighted by atomic mass is 31.2. The van der Waals surface area contributed by atoms with Gasteiger partial charge in [0.25, 0.3) is 0 Å². The lowest BCUT2D eigenvalue weighted by Gasteiger charge is -2.15. The minimum Gasteiger partial charge on any atom is -0.370 e. The molecule has 0 heterocycles. The number of amides is 2. The molecular weight excluding hydrogens is 237 g/mol. The molecule has 0 saturated carbocycles. The number of primary amides is 1. The predicted molar refractivity (Wildman–Crippen MR) is 56.3 cm³/mol. The van der Waals surface area contributed by atoms with Crippen LogP contribution in [0.25, 0.3) is 0 Å². The second-order valence-corrected chi connectivity index (χ2v) is 5.52. The Morgan fingerprint density at radius 1 is 1.44 bits per heavy atom. The first-order valence-electron chi connectivity index (χ1n) is 4.51. The van der Waals surface area contributed by atoms with Crippen molar-refractivity contribution in [3.63, 3.8) is 0 Å². The van der Waals surface area contributed by atoms with Gasteiger partial charge in [-0.2, -0.15) is 0 Å². The molecule has 1 unspecified atom stereocenters. The molecule has 0 aromatic carbocycles. The van der Waals surface area contributed by atoms with Gasteiger partial charge in [0.1, 0.15) is 0 Å². The van der Waals surface area contributed by atoms with Crippen LogP contribution in [0.15, 0.2) is 0 Å². The first-order chi connectivity index (χ1) is 7.14. The van der Waals surface area contributed by atoms with Crippen LogP contribution in [0.1, 0.15) is 13.3 Å². The van der Waals surface area contributed by atoms with Crippen molar-refractivity contribution in [2.75, 3.05) is 6.54 Å². The molecule has 8 nitrogen and oxygen atoms in total. The topological polar surface area (TPSA) is 156 Å². The summed E-state index contributed by atoms with van der Waals surface area (Å²) < 4.78 is 10.7. The van der Waals surface area contributed by atoms with E-state index < -0.39 is 31.1 Å². The van der Waals surface area contributed by atoms with Crippen molar-refractivity contribution in [3.8, 4) is 0 Å². The number of hydrogen-bond acceptors (Lipinski definition) is 4. The number of nitrogens with two attached hydrogens (primary N) is 2. The standard InChI is InChI=1S/C7H16N3O5P/c1-4(16(13,14)15)3-10-7(12)5(8)2-6(9)11/h4-5H,2-3,8H2,1H3,(H2,9,11)(H,10,12)(H2,13,14,15)/t4?,5-/m0/s1. The number of carbonyl (C=O) groups is 2. The van der Waals surface area contributed by atoms with Crippen molar-refractivity contribution < 1.29 is 23.9 Å². The second-order valence-electron chi connectivity index (χ2n) is 3.46. The van der Waals surface area contributed by atoms with Crippen LogP contribution >= 0.6 is 7.60 Å². The fourth-order valence-corrected chi connectivity index (χ4v) is 1.14. The smallest absolute Gasteiger partial charge is 0.330 e. The van der Waals surface area contributed by atoms with E-state index >= 15 is 0 Å². The van der Waals surface area contributed by atoms with E-state index in [4.69, 9.17) is 21.3 Å². The first kappa shape index (κ1) is 15.0. The summed E-state index contributed by atoms with van der Waals surface area (Å²) >= 11 is 0. The van der Waals surface area contributed by atoms with E-state index in [1.807, 2.05) is 0 Å². The average Bonchev–Trinajstić information content (AvgIpc) is 2.10. The quantitative estimate of drug-likeness (QED) is 0.340. The Kier molecular flexibility index (Phi) is 5.60. The molecule has 16 heavy (non-hydrogen) atoms. The van der Waals surface area contributed by atoms with Crippen LogP contribution in [-0.2, 0) is 14.2 Å². The van der Waals surface area contributed by atoms with E-state index in [-0.39, 0.29) is 13.0 Å². The van der Waals surface area contributed by atoms with Gasteiger partial charge in [-0.25, -0.2) is 0 Å². The third-order valence-electron chi connectivity index (χ3n) is 1.90. The van der Waals surface area contributed by atoms with Gasteiger partial charge in [-0.05, 0) is 6.92 Å². The zero-order valence-corrected chi connectivity index (χ0v) is 9.68. The van der Waals surface area contributed by atoms with Crippen molar-refractivity contribution in [3.05, 3.63) is 0 Å². The van der Waals surface area contributed by atoms with Crippen molar-refractivity contribution in [2.45, 2.75) is 25.0 Å². The summed E-state index contributed by atoms with van der Waals surface area (Å²) in [6.07, 6.45) is -0.309. The Labute approximate surface area is 92.5 Å². The summed E-state index contributed by atoms with van der Waals surface area (Å²) in [4.78, 5) is 39.1. The van der Waals surface area contributed by atoms with Crippen LogP contribution in [0.4, 0.5) is 0 Å². The lowest BCUT2D eigenvalue weighted by molar-refractivity contribution is -0.126. The molecule has 0 fully saturated rings. The van der Waals surface area contributed by atoms with Gasteiger partial charge >= 0.3 is 7.60 Å². The molecule has 0 radical (unpaired) electrons. The van der Waals surface area contributed by atoms with Gasteiger partial charge in [0, 0.05) is 6.54 Å². The van der Waals surface area contributed by atoms with E-state index in [1.54, 1.807) is 0 Å². The maximum Gasteiger partial charge on any atom is 0.330 e. The zero-order valence-electron chi connectivity index (χ0n) is 8.79. The Balaban J connectivity index is 4.08. The molecule has 0 saturated heterocycles. The average molecular weight is 253 g/mol. The van der Waals surface area contributed by atoms with Gasteiger partial charge < -0.3 is 26.6 Å². The van der Waals surface area contributed by atoms with Gasteiger partial charge in [0.2, 0.25) is 11.8 Å². The Morgan fingerprint density at radius 3 is 2.31 bits per heavy atom. The Bertz CT molecular complexity index is 315. The Hall–Kier alpha value is -0.950. The molecule has 0 rings (SSSR count). The Morgan fingerprint density at radius 2 is 1.94 bits per heavy atom. The van der Waals surface area contributed by atoms with Gasteiger partial charge in [0.15, 0.2) is 0 Å².